The van der Waals surface area contributed by atoms with Gasteiger partial charge in [-0.05, 0) is 0 Å². The van der Waals surface area contributed by atoms with E-state index in [1.54, 1.807) is 6.34 Å². The average molecular weight is 125 g/mol. The van der Waals surface area contributed by atoms with Crippen LogP contribution < -0.4 is 5.32 Å². The molecule has 0 aromatic carbocycles. The van der Waals surface area contributed by atoms with E-state index in [0.29, 0.717) is 0 Å². The maximum atomic E-state index is 4.06. The Morgan fingerprint density at radius 2 is 2.25 bits per heavy atom. The van der Waals surface area contributed by atoms with Crippen molar-refractivity contribution in [3.63, 3.8) is 0 Å². The van der Waals surface area contributed by atoms with E-state index < -0.39 is 0 Å². The second-order valence-corrected chi connectivity index (χ2v) is 2.75. The molecule has 0 aliphatic carbocycles. The first-order chi connectivity index (χ1) is 3.97. The second-order valence-electron chi connectivity index (χ2n) is 1.76. The Balaban J connectivity index is 2.33. The minimum absolute atomic E-state index is 1.06. The van der Waals surface area contributed by atoms with Gasteiger partial charge in [0.25, 0.3) is 0 Å². The Bertz CT molecular complexity index is 171. The molecule has 0 bridgehead atoms. The molecule has 41 valence electrons. The summed E-state index contributed by atoms with van der Waals surface area (Å²) < 4.78 is 0. The molecule has 0 amide bonds. The summed E-state index contributed by atoms with van der Waals surface area (Å²) in [6.45, 7) is 0. The van der Waals surface area contributed by atoms with Crippen molar-refractivity contribution in [2.75, 3.05) is 11.5 Å². The molecule has 0 saturated heterocycles. The molecule has 0 fully saturated rings. The molecule has 0 aromatic rings. The third-order valence-electron chi connectivity index (χ3n) is 1.24. The Kier molecular flexibility index (Phi) is 0.842. The van der Waals surface area contributed by atoms with Crippen LogP contribution in [0.5, 0.6) is 0 Å². The van der Waals surface area contributed by atoms with Crippen LogP contribution in [0.1, 0.15) is 0 Å². The molecule has 2 nitrogen and oxygen atoms in total. The van der Waals surface area contributed by atoms with E-state index in [-0.39, 0.29) is 0 Å². The fourth-order valence-electron chi connectivity index (χ4n) is 0.803. The van der Waals surface area contributed by atoms with E-state index in [2.05, 4.69) is 10.3 Å². The molecule has 0 saturated carbocycles. The third-order valence-corrected chi connectivity index (χ3v) is 2.19. The molecule has 1 radical (unpaired) electrons. The lowest BCUT2D eigenvalue weighted by molar-refractivity contribution is 1.15. The van der Waals surface area contributed by atoms with Crippen molar-refractivity contribution in [3.8, 4) is 0 Å². The number of hydrogen-bond acceptors (Lipinski definition) is 2. The van der Waals surface area contributed by atoms with Gasteiger partial charge in [0, 0.05) is 11.5 Å². The lowest BCUT2D eigenvalue weighted by Crippen LogP contribution is -1.96. The van der Waals surface area contributed by atoms with Crippen molar-refractivity contribution in [2.45, 2.75) is 0 Å². The van der Waals surface area contributed by atoms with E-state index in [4.69, 9.17) is 0 Å². The predicted molar refractivity (Wildman–Crippen MR) is 35.0 cm³/mol. The highest BCUT2D eigenvalue weighted by molar-refractivity contribution is 7.99. The molecule has 3 heteroatoms. The normalized spacial score (nSPS) is 24.0. The first-order valence-electron chi connectivity index (χ1n) is 2.50. The molecule has 2 rings (SSSR count). The van der Waals surface area contributed by atoms with Gasteiger partial charge in [-0.15, -0.1) is 11.8 Å². The van der Waals surface area contributed by atoms with E-state index >= 15 is 0 Å². The van der Waals surface area contributed by atoms with Gasteiger partial charge in [0.1, 0.15) is 6.34 Å². The summed E-state index contributed by atoms with van der Waals surface area (Å²) in [4.78, 5) is 4.06. The maximum absolute atomic E-state index is 4.06. The van der Waals surface area contributed by atoms with Gasteiger partial charge in [0.05, 0.1) is 11.4 Å². The van der Waals surface area contributed by atoms with Gasteiger partial charge in [-0.3, -0.25) is 0 Å². The van der Waals surface area contributed by atoms with Gasteiger partial charge in [-0.25, -0.2) is 10.3 Å². The zero-order chi connectivity index (χ0) is 5.40. The van der Waals surface area contributed by atoms with Crippen molar-refractivity contribution < 1.29 is 0 Å². The first-order valence-corrected chi connectivity index (χ1v) is 3.65. The highest BCUT2D eigenvalue weighted by Gasteiger charge is 2.17. The second kappa shape index (κ2) is 1.52. The van der Waals surface area contributed by atoms with Crippen molar-refractivity contribution in [1.82, 2.24) is 5.32 Å². The highest BCUT2D eigenvalue weighted by atomic mass is 32.2. The zero-order valence-corrected chi connectivity index (χ0v) is 5.11. The third kappa shape index (κ3) is 0.478. The molecule has 2 aliphatic rings. The number of rotatable bonds is 0. The first kappa shape index (κ1) is 4.44. The lowest BCUT2D eigenvalue weighted by Gasteiger charge is -1.86. The monoisotopic (exact) mass is 125 g/mol. The molecule has 8 heavy (non-hydrogen) atoms. The summed E-state index contributed by atoms with van der Waals surface area (Å²) >= 11 is 1.88. The largest absolute Gasteiger partial charge is 0.239 e. The maximum Gasteiger partial charge on any atom is 0.116 e. The molecular formula is C5H5N2S. The van der Waals surface area contributed by atoms with Gasteiger partial charge >= 0.3 is 0 Å². The lowest BCUT2D eigenvalue weighted by atomic mass is 10.4. The van der Waals surface area contributed by atoms with Crippen LogP contribution >= 0.6 is 11.8 Å². The van der Waals surface area contributed by atoms with Crippen molar-refractivity contribution in [3.05, 3.63) is 11.4 Å². The summed E-state index contributed by atoms with van der Waals surface area (Å²) in [6, 6.07) is 0. The van der Waals surface area contributed by atoms with E-state index in [0.717, 1.165) is 11.5 Å². The topological polar surface area (TPSA) is 26.5 Å². The summed E-state index contributed by atoms with van der Waals surface area (Å²) in [5.41, 5.74) is 2.38. The summed E-state index contributed by atoms with van der Waals surface area (Å²) in [6.07, 6.45) is 1.64. The van der Waals surface area contributed by atoms with Crippen LogP contribution in [0.2, 0.25) is 0 Å². The predicted octanol–water partition coefficient (Wildman–Crippen LogP) is 0.591. The molecule has 0 spiro atoms. The minimum Gasteiger partial charge on any atom is -0.239 e. The number of nitrogens with zero attached hydrogens (tertiary/aromatic N) is 2. The van der Waals surface area contributed by atoms with Crippen LogP contribution in [0, 0.1) is 0 Å². The quantitative estimate of drug-likeness (QED) is 0.465. The van der Waals surface area contributed by atoms with E-state index in [1.165, 1.54) is 11.4 Å². The molecule has 2 heterocycles. The number of aliphatic imine (C=N–C) groups is 1. The molecule has 0 aromatic heterocycles. The molecule has 0 atom stereocenters. The fraction of sp³-hybridized carbons (Fsp3) is 0.400. The molecule has 0 unspecified atom stereocenters. The van der Waals surface area contributed by atoms with Crippen molar-refractivity contribution >= 4 is 18.1 Å². The SMILES string of the molecule is C1=NC2=C(CSC2)[N]1. The number of hydrogen-bond donors (Lipinski definition) is 0. The van der Waals surface area contributed by atoms with Crippen LogP contribution in [0.4, 0.5) is 0 Å². The summed E-state index contributed by atoms with van der Waals surface area (Å²) in [5, 5.41) is 4.06. The Morgan fingerprint density at radius 1 is 1.38 bits per heavy atom. The molecule has 2 aliphatic heterocycles. The molecule has 0 N–H and O–H groups in total. The van der Waals surface area contributed by atoms with Crippen LogP contribution in [0.25, 0.3) is 0 Å². The Morgan fingerprint density at radius 3 is 3.12 bits per heavy atom. The van der Waals surface area contributed by atoms with Gasteiger partial charge < -0.3 is 0 Å². The number of thioether (sulfide) groups is 1. The fourth-order valence-corrected chi connectivity index (χ4v) is 1.77. The van der Waals surface area contributed by atoms with Gasteiger partial charge in [0.15, 0.2) is 0 Å². The highest BCUT2D eigenvalue weighted by Crippen LogP contribution is 2.25. The van der Waals surface area contributed by atoms with Gasteiger partial charge in [-0.1, -0.05) is 0 Å². The van der Waals surface area contributed by atoms with Gasteiger partial charge in [-0.2, -0.15) is 0 Å². The van der Waals surface area contributed by atoms with E-state index in [9.17, 15) is 0 Å². The standard InChI is InChI=1S/C5H5N2S/c1-4-5(2-8-1)7-3-6-4/h3H,1-2H2. The minimum atomic E-state index is 1.06. The van der Waals surface area contributed by atoms with Crippen LogP contribution in [-0.2, 0) is 0 Å². The smallest absolute Gasteiger partial charge is 0.116 e. The van der Waals surface area contributed by atoms with Gasteiger partial charge in [0.2, 0.25) is 0 Å². The van der Waals surface area contributed by atoms with E-state index in [1.807, 2.05) is 11.8 Å². The van der Waals surface area contributed by atoms with Crippen LogP contribution in [0.15, 0.2) is 16.4 Å². The van der Waals surface area contributed by atoms with Crippen LogP contribution in [0.3, 0.4) is 0 Å². The average Bonchev–Trinajstić information content (AvgIpc) is 2.15. The summed E-state index contributed by atoms with van der Waals surface area (Å²) in [7, 11) is 0. The van der Waals surface area contributed by atoms with Crippen molar-refractivity contribution in [2.24, 2.45) is 4.99 Å². The molecular weight excluding hydrogens is 120 g/mol. The van der Waals surface area contributed by atoms with Crippen molar-refractivity contribution in [1.29, 1.82) is 0 Å². The Hall–Kier alpha value is -0.440. The van der Waals surface area contributed by atoms with Crippen LogP contribution in [-0.4, -0.2) is 17.8 Å². The Labute approximate surface area is 52.1 Å². The zero-order valence-electron chi connectivity index (χ0n) is 4.29. The summed E-state index contributed by atoms with van der Waals surface area (Å²) in [5.74, 6) is 2.13.